The maximum atomic E-state index is 11.2. The number of ether oxygens (including phenoxy) is 1. The fourth-order valence-electron chi connectivity index (χ4n) is 12.0. The SMILES string of the molecule is CC(=O)c1ccc2c(C)c(C)sc2c1.CCc1sc(-c2ccccc2)cc1C.COc1ccc(-c2cc(C)c(C)s2)cc1.Cc1cc(-c2c3ccccc3cc3ccccc23)sc1C.Cc1cc(-c2ccc(C#N)cc2)sc1C.Cc1cc(-c2ccccc2)sc1C.Cc1sc(-c2ccccc2)c(C)c1C. The Bertz CT molecular complexity index is 5500. The largest absolute Gasteiger partial charge is 0.497 e. The fraction of sp³-hybridized carbons (Fsp3) is 0.188. The first-order valence-corrected chi connectivity index (χ1v) is 41.4. The lowest BCUT2D eigenvalue weighted by molar-refractivity contribution is 0.101. The highest BCUT2D eigenvalue weighted by Gasteiger charge is 2.15. The molecule has 16 rings (SSSR count). The number of nitriles is 1. The molecule has 0 radical (unpaired) electrons. The number of carbonyl (C=O) groups excluding carboxylic acids is 1. The minimum absolute atomic E-state index is 0.135. The van der Waals surface area contributed by atoms with E-state index in [0.29, 0.717) is 5.56 Å². The quantitative estimate of drug-likeness (QED) is 0.107. The zero-order valence-electron chi connectivity index (χ0n) is 63.9. The van der Waals surface area contributed by atoms with Crippen molar-refractivity contribution in [2.45, 2.75) is 117 Å². The van der Waals surface area contributed by atoms with E-state index >= 15 is 0 Å². The van der Waals surface area contributed by atoms with Crippen LogP contribution in [0.1, 0.15) is 108 Å². The number of carbonyl (C=O) groups is 1. The van der Waals surface area contributed by atoms with Crippen LogP contribution >= 0.6 is 79.4 Å². The fourth-order valence-corrected chi connectivity index (χ4v) is 19.6. The summed E-state index contributed by atoms with van der Waals surface area (Å²) in [5, 5.41) is 15.3. The molecule has 0 aliphatic carbocycles. The van der Waals surface area contributed by atoms with Gasteiger partial charge in [0.05, 0.1) is 18.7 Å². The average molecular weight is 1520 g/mol. The second-order valence-corrected chi connectivity index (χ2v) is 35.1. The minimum atomic E-state index is 0.135. The number of Topliss-reactive ketones (excluding diaryl/α,β-unsaturated/α-hetero) is 1. The smallest absolute Gasteiger partial charge is 0.159 e. The molecular weight excluding hydrogens is 1420 g/mol. The molecule has 0 saturated carbocycles. The number of nitrogens with zero attached hydrogens (tertiary/aromatic N) is 1. The topological polar surface area (TPSA) is 50.1 Å². The van der Waals surface area contributed by atoms with Crippen LogP contribution in [0, 0.1) is 108 Å². The van der Waals surface area contributed by atoms with Crippen molar-refractivity contribution in [2.24, 2.45) is 0 Å². The summed E-state index contributed by atoms with van der Waals surface area (Å²) in [5.74, 6) is 1.04. The second kappa shape index (κ2) is 37.2. The molecule has 0 spiro atoms. The number of hydrogen-bond donors (Lipinski definition) is 0. The van der Waals surface area contributed by atoms with Gasteiger partial charge in [0, 0.05) is 79.2 Å². The summed E-state index contributed by atoms with van der Waals surface area (Å²) in [4.78, 5) is 29.2. The number of benzene rings is 9. The maximum absolute atomic E-state index is 11.2. The molecule has 0 aliphatic heterocycles. The molecule has 0 unspecified atom stereocenters. The van der Waals surface area contributed by atoms with E-state index in [1.807, 2.05) is 111 Å². The van der Waals surface area contributed by atoms with E-state index in [4.69, 9.17) is 10.00 Å². The number of rotatable bonds is 9. The van der Waals surface area contributed by atoms with Crippen LogP contribution in [0.4, 0.5) is 0 Å². The van der Waals surface area contributed by atoms with Gasteiger partial charge in [0.15, 0.2) is 5.78 Å². The van der Waals surface area contributed by atoms with E-state index in [1.165, 1.54) is 173 Å². The summed E-state index contributed by atoms with van der Waals surface area (Å²) in [6.45, 7) is 34.2. The number of methoxy groups -OCH3 is 1. The van der Waals surface area contributed by atoms with Gasteiger partial charge in [0.2, 0.25) is 0 Å². The van der Waals surface area contributed by atoms with Gasteiger partial charge in [-0.25, -0.2) is 0 Å². The molecule has 0 aliphatic rings. The first-order valence-electron chi connectivity index (χ1n) is 35.7. The lowest BCUT2D eigenvalue weighted by atomic mass is 9.95. The molecule has 3 nitrogen and oxygen atoms in total. The van der Waals surface area contributed by atoms with Gasteiger partial charge in [-0.2, -0.15) is 5.26 Å². The van der Waals surface area contributed by atoms with Gasteiger partial charge in [-0.15, -0.1) is 79.4 Å². The van der Waals surface area contributed by atoms with Crippen LogP contribution in [0.2, 0.25) is 0 Å². The third-order valence-corrected chi connectivity index (χ3v) is 27.9. The number of hydrogen-bond acceptors (Lipinski definition) is 10. The minimum Gasteiger partial charge on any atom is -0.497 e. The van der Waals surface area contributed by atoms with Crippen molar-refractivity contribution in [3.63, 3.8) is 0 Å². The van der Waals surface area contributed by atoms with Gasteiger partial charge < -0.3 is 4.74 Å². The van der Waals surface area contributed by atoms with Gasteiger partial charge >= 0.3 is 0 Å². The molecule has 0 fully saturated rings. The Kier molecular flexibility index (Phi) is 27.8. The summed E-state index contributed by atoms with van der Waals surface area (Å²) in [6, 6.07) is 86.7. The Morgan fingerprint density at radius 1 is 0.358 bits per heavy atom. The summed E-state index contributed by atoms with van der Waals surface area (Å²) >= 11 is 13.0. The molecule has 7 heterocycles. The molecule has 0 atom stereocenters. The molecule has 106 heavy (non-hydrogen) atoms. The molecule has 0 saturated heterocycles. The van der Waals surface area contributed by atoms with Crippen LogP contribution in [0.5, 0.6) is 5.75 Å². The Morgan fingerprint density at radius 2 is 0.755 bits per heavy atom. The number of ketones is 1. The van der Waals surface area contributed by atoms with Gasteiger partial charge in [-0.05, 0) is 288 Å². The predicted molar refractivity (Wildman–Crippen MR) is 472 cm³/mol. The summed E-state index contributed by atoms with van der Waals surface area (Å²) in [7, 11) is 1.69. The van der Waals surface area contributed by atoms with E-state index in [0.717, 1.165) is 17.7 Å². The zero-order valence-corrected chi connectivity index (χ0v) is 69.6. The molecular formula is C96H93NO2S7. The Morgan fingerprint density at radius 3 is 1.15 bits per heavy atom. The first-order chi connectivity index (χ1) is 51.0. The molecule has 16 aromatic rings. The summed E-state index contributed by atoms with van der Waals surface area (Å²) < 4.78 is 6.35. The first kappa shape index (κ1) is 79.2. The van der Waals surface area contributed by atoms with Gasteiger partial charge in [-0.3, -0.25) is 4.79 Å². The highest BCUT2D eigenvalue weighted by Crippen LogP contribution is 2.42. The molecule has 0 N–H and O–H groups in total. The van der Waals surface area contributed by atoms with Crippen molar-refractivity contribution in [3.8, 4) is 74.5 Å². The summed E-state index contributed by atoms with van der Waals surface area (Å²) in [5.41, 5.74) is 20.4. The number of thiophene rings is 7. The lowest BCUT2D eigenvalue weighted by Gasteiger charge is -2.10. The highest BCUT2D eigenvalue weighted by molar-refractivity contribution is 7.19. The number of fused-ring (bicyclic) bond motifs is 3. The highest BCUT2D eigenvalue weighted by atomic mass is 32.1. The molecule has 9 aromatic carbocycles. The van der Waals surface area contributed by atoms with Gasteiger partial charge in [-0.1, -0.05) is 171 Å². The van der Waals surface area contributed by atoms with Crippen molar-refractivity contribution < 1.29 is 9.53 Å². The Hall–Kier alpha value is -9.38. The van der Waals surface area contributed by atoms with Crippen molar-refractivity contribution in [2.75, 3.05) is 7.11 Å². The van der Waals surface area contributed by atoms with Gasteiger partial charge in [0.1, 0.15) is 5.75 Å². The van der Waals surface area contributed by atoms with Crippen LogP contribution in [0.25, 0.3) is 94.3 Å². The van der Waals surface area contributed by atoms with Gasteiger partial charge in [0.25, 0.3) is 0 Å². The van der Waals surface area contributed by atoms with Crippen LogP contribution in [-0.4, -0.2) is 12.9 Å². The van der Waals surface area contributed by atoms with E-state index in [-0.39, 0.29) is 5.78 Å². The van der Waals surface area contributed by atoms with Crippen LogP contribution < -0.4 is 4.74 Å². The Balaban J connectivity index is 0.000000133. The Labute approximate surface area is 657 Å². The molecule has 7 aromatic heterocycles. The summed E-state index contributed by atoms with van der Waals surface area (Å²) in [6.07, 6.45) is 1.14. The second-order valence-electron chi connectivity index (χ2n) is 26.5. The van der Waals surface area contributed by atoms with E-state index in [2.05, 4.69) is 298 Å². The predicted octanol–water partition coefficient (Wildman–Crippen LogP) is 30.7. The third-order valence-electron chi connectivity index (χ3n) is 19.1. The molecule has 0 bridgehead atoms. The molecule has 10 heteroatoms. The van der Waals surface area contributed by atoms with Crippen molar-refractivity contribution in [3.05, 3.63) is 332 Å². The lowest BCUT2D eigenvalue weighted by Crippen LogP contribution is -1.89. The molecule has 0 amide bonds. The van der Waals surface area contributed by atoms with Crippen LogP contribution in [-0.2, 0) is 6.42 Å². The third kappa shape index (κ3) is 20.0. The van der Waals surface area contributed by atoms with E-state index < -0.39 is 0 Å². The van der Waals surface area contributed by atoms with Crippen LogP contribution in [0.15, 0.2) is 243 Å². The monoisotopic (exact) mass is 1520 g/mol. The zero-order chi connectivity index (χ0) is 75.7. The number of aryl methyl sites for hydroxylation is 13. The van der Waals surface area contributed by atoms with Crippen molar-refractivity contribution >= 4 is 117 Å². The molecule has 536 valence electrons. The van der Waals surface area contributed by atoms with Crippen molar-refractivity contribution in [1.29, 1.82) is 5.26 Å². The normalized spacial score (nSPS) is 10.6. The standard InChI is InChI=1S/C20H16S.C13H11NS.C13H14OS.2C13H14S.C12H12OS.C12H12S/c1-13-11-19(21-14(13)2)20-17-9-5-3-7-15(17)12-16-8-4-6-10-18(16)20;1-9-7-13(15-10(9)2)12-5-3-11(8-14)4-6-12;1-9-8-13(15-10(9)2)11-4-6-12(14-3)7-5-11;1-9-10(2)13(14-11(9)3)12-7-5-4-6-8-12;1-3-12-10(2)9-13(14-12)11-7-5-4-6-8-11;1-7-9(3)14-12-6-10(8(2)13)4-5-11(7)12;1-9-8-12(13-10(9)2)11-6-4-3-5-7-11/h3-12H,1-2H3;3-7H,1-2H3;4-8H,1-3H3;4-8H,1-3H3;4-9H,3H2,1-2H3;4-6H,1-3H3;3-8H,1-2H3. The van der Waals surface area contributed by atoms with E-state index in [1.54, 1.807) is 36.7 Å². The van der Waals surface area contributed by atoms with Crippen LogP contribution in [0.3, 0.4) is 0 Å². The average Bonchev–Trinajstić information content (AvgIpc) is 1.21. The van der Waals surface area contributed by atoms with E-state index in [9.17, 15) is 4.79 Å². The maximum Gasteiger partial charge on any atom is 0.159 e. The van der Waals surface area contributed by atoms with Crippen molar-refractivity contribution in [1.82, 2.24) is 0 Å².